The van der Waals surface area contributed by atoms with Gasteiger partial charge in [-0.25, -0.2) is 0 Å². The highest BCUT2D eigenvalue weighted by Gasteiger charge is 2.72. The number of rotatable bonds is 10. The van der Waals surface area contributed by atoms with E-state index < -0.39 is 29.6 Å². The molecule has 9 heteroatoms. The summed E-state index contributed by atoms with van der Waals surface area (Å²) in [6.45, 7) is 7.39. The van der Waals surface area contributed by atoms with E-state index >= 15 is 0 Å². The van der Waals surface area contributed by atoms with Crippen LogP contribution in [0.3, 0.4) is 0 Å². The number of fused-ring (bicyclic) bond motifs is 1. The van der Waals surface area contributed by atoms with Gasteiger partial charge in [0.2, 0.25) is 17.7 Å². The van der Waals surface area contributed by atoms with Crippen molar-refractivity contribution in [1.29, 1.82) is 0 Å². The number of likely N-dealkylation sites (tertiary alicyclic amines) is 1. The number of benzene rings is 1. The highest BCUT2D eigenvalue weighted by atomic mass is 35.5. The van der Waals surface area contributed by atoms with Crippen LogP contribution < -0.4 is 10.6 Å². The van der Waals surface area contributed by atoms with Crippen LogP contribution in [0.4, 0.5) is 5.69 Å². The summed E-state index contributed by atoms with van der Waals surface area (Å²) >= 11 is 6.11. The molecule has 2 saturated heterocycles. The van der Waals surface area contributed by atoms with E-state index in [0.29, 0.717) is 17.3 Å². The number of nitrogens with one attached hydrogen (secondary N) is 2. The molecule has 0 radical (unpaired) electrons. The molecule has 1 saturated carbocycles. The van der Waals surface area contributed by atoms with Crippen LogP contribution in [0.25, 0.3) is 0 Å². The van der Waals surface area contributed by atoms with Crippen LogP contribution in [0.15, 0.2) is 36.4 Å². The third-order valence-corrected chi connectivity index (χ3v) is 8.97. The Balaban J connectivity index is 1.40. The normalized spacial score (nSPS) is 30.2. The van der Waals surface area contributed by atoms with Crippen LogP contribution >= 0.6 is 11.6 Å². The van der Waals surface area contributed by atoms with Gasteiger partial charge in [-0.1, -0.05) is 62.9 Å². The van der Waals surface area contributed by atoms with E-state index in [1.807, 2.05) is 12.2 Å². The Morgan fingerprint density at radius 3 is 2.63 bits per heavy atom. The zero-order valence-corrected chi connectivity index (χ0v) is 23.1. The van der Waals surface area contributed by atoms with Gasteiger partial charge in [-0.15, -0.1) is 0 Å². The van der Waals surface area contributed by atoms with E-state index in [9.17, 15) is 14.4 Å². The summed E-state index contributed by atoms with van der Waals surface area (Å²) in [5, 5.41) is 6.68. The molecule has 1 aromatic rings. The van der Waals surface area contributed by atoms with Gasteiger partial charge in [0.1, 0.15) is 11.6 Å². The second-order valence-electron chi connectivity index (χ2n) is 11.0. The van der Waals surface area contributed by atoms with Gasteiger partial charge in [-0.2, -0.15) is 0 Å². The summed E-state index contributed by atoms with van der Waals surface area (Å²) in [7, 11) is 0. The van der Waals surface area contributed by atoms with E-state index in [0.717, 1.165) is 51.7 Å². The summed E-state index contributed by atoms with van der Waals surface area (Å²) < 4.78 is 6.44. The lowest BCUT2D eigenvalue weighted by Gasteiger charge is -2.34. The number of anilines is 1. The minimum atomic E-state index is -1.13. The van der Waals surface area contributed by atoms with Crippen molar-refractivity contribution in [1.82, 2.24) is 15.1 Å². The number of carbonyl (C=O) groups excluding carboxylic acids is 3. The van der Waals surface area contributed by atoms with Gasteiger partial charge in [-0.3, -0.25) is 14.4 Å². The lowest BCUT2D eigenvalue weighted by atomic mass is 9.74. The molecular formula is C29H39ClN4O4. The molecule has 0 unspecified atom stereocenters. The Bertz CT molecular complexity index is 1090. The van der Waals surface area contributed by atoms with E-state index in [2.05, 4.69) is 29.4 Å². The fraction of sp³-hybridized carbons (Fsp3) is 0.621. The predicted octanol–water partition coefficient (Wildman–Crippen LogP) is 3.61. The van der Waals surface area contributed by atoms with Crippen LogP contribution in [-0.2, 0) is 19.1 Å². The Hall–Kier alpha value is -2.42. The molecule has 206 valence electrons. The Morgan fingerprint density at radius 2 is 1.92 bits per heavy atom. The van der Waals surface area contributed by atoms with E-state index in [4.69, 9.17) is 16.3 Å². The Morgan fingerprint density at radius 1 is 1.16 bits per heavy atom. The topological polar surface area (TPSA) is 91.0 Å². The van der Waals surface area contributed by atoms with Crippen molar-refractivity contribution >= 4 is 35.0 Å². The van der Waals surface area contributed by atoms with Gasteiger partial charge in [-0.05, 0) is 57.1 Å². The summed E-state index contributed by atoms with van der Waals surface area (Å²) in [4.78, 5) is 45.4. The number of ether oxygens (including phenoxy) is 1. The highest BCUT2D eigenvalue weighted by Crippen LogP contribution is 2.55. The van der Waals surface area contributed by atoms with Crippen molar-refractivity contribution in [3.8, 4) is 0 Å². The van der Waals surface area contributed by atoms with Gasteiger partial charge in [0.15, 0.2) is 0 Å². The van der Waals surface area contributed by atoms with Crippen LogP contribution in [0, 0.1) is 11.8 Å². The van der Waals surface area contributed by atoms with Crippen molar-refractivity contribution < 1.29 is 19.1 Å². The maximum Gasteiger partial charge on any atom is 0.246 e. The molecule has 8 nitrogen and oxygen atoms in total. The predicted molar refractivity (Wildman–Crippen MR) is 147 cm³/mol. The number of amides is 3. The molecule has 5 rings (SSSR count). The number of hydrogen-bond donors (Lipinski definition) is 2. The molecule has 1 aromatic carbocycles. The fourth-order valence-electron chi connectivity index (χ4n) is 6.83. The SMILES string of the molecule is CCN(CC)CCCN1C(=O)[C@H]2[C@@H](C(=O)Nc3cccc(Cl)c3)[C@H]3C=C[C@@]2(O3)[C@H]1C(=O)NC1CCCCC1. The molecule has 3 amide bonds. The zero-order valence-electron chi connectivity index (χ0n) is 22.3. The molecule has 1 aliphatic carbocycles. The first-order valence-electron chi connectivity index (χ1n) is 14.1. The average Bonchev–Trinajstić information content (AvgIpc) is 3.54. The molecule has 3 fully saturated rings. The maximum absolute atomic E-state index is 14.0. The molecule has 3 heterocycles. The second-order valence-corrected chi connectivity index (χ2v) is 11.4. The Kier molecular flexibility index (Phi) is 8.12. The fourth-order valence-corrected chi connectivity index (χ4v) is 7.02. The largest absolute Gasteiger partial charge is 0.359 e. The molecule has 2 bridgehead atoms. The van der Waals surface area contributed by atoms with Gasteiger partial charge in [0.05, 0.1) is 17.9 Å². The molecule has 1 spiro atoms. The van der Waals surface area contributed by atoms with Crippen molar-refractivity contribution in [2.75, 3.05) is 31.5 Å². The lowest BCUT2D eigenvalue weighted by Crippen LogP contribution is -2.56. The third-order valence-electron chi connectivity index (χ3n) is 8.74. The Labute approximate surface area is 230 Å². The van der Waals surface area contributed by atoms with Crippen molar-refractivity contribution in [2.24, 2.45) is 11.8 Å². The summed E-state index contributed by atoms with van der Waals surface area (Å²) in [5.74, 6) is -2.10. The number of carbonyl (C=O) groups is 3. The second kappa shape index (κ2) is 11.4. The molecule has 3 aliphatic heterocycles. The van der Waals surface area contributed by atoms with Gasteiger partial charge >= 0.3 is 0 Å². The minimum Gasteiger partial charge on any atom is -0.359 e. The van der Waals surface area contributed by atoms with Crippen LogP contribution in [0.5, 0.6) is 0 Å². The first-order chi connectivity index (χ1) is 18.4. The minimum absolute atomic E-state index is 0.115. The zero-order chi connectivity index (χ0) is 26.9. The van der Waals surface area contributed by atoms with E-state index in [1.165, 1.54) is 6.42 Å². The van der Waals surface area contributed by atoms with Gasteiger partial charge in [0.25, 0.3) is 0 Å². The standard InChI is InChI=1S/C29H39ClN4O4/c1-3-33(4-2)16-9-17-34-25(27(36)31-20-11-6-5-7-12-20)29-15-14-22(38-29)23(24(29)28(34)37)26(35)32-21-13-8-10-19(30)18-21/h8,10,13-15,18,20,22-25H,3-7,9,11-12,16-17H2,1-2H3,(H,31,36)(H,32,35)/t22-,23+,24-,25-,29+/m1/s1. The van der Waals surface area contributed by atoms with Crippen LogP contribution in [-0.4, -0.2) is 77.5 Å². The summed E-state index contributed by atoms with van der Waals surface area (Å²) in [5.41, 5.74) is -0.567. The van der Waals surface area contributed by atoms with Gasteiger partial charge < -0.3 is 25.2 Å². The number of halogens is 1. The molecule has 0 aromatic heterocycles. The number of hydrogen-bond acceptors (Lipinski definition) is 5. The third kappa shape index (κ3) is 4.98. The van der Waals surface area contributed by atoms with E-state index in [1.54, 1.807) is 29.2 Å². The number of nitrogens with zero attached hydrogens (tertiary/aromatic N) is 2. The summed E-state index contributed by atoms with van der Waals surface area (Å²) in [6.07, 6.45) is 9.21. The van der Waals surface area contributed by atoms with Crippen LogP contribution in [0.1, 0.15) is 52.4 Å². The van der Waals surface area contributed by atoms with Crippen LogP contribution in [0.2, 0.25) is 5.02 Å². The molecule has 38 heavy (non-hydrogen) atoms. The van der Waals surface area contributed by atoms with Crippen molar-refractivity contribution in [2.45, 2.75) is 76.2 Å². The lowest BCUT2D eigenvalue weighted by molar-refractivity contribution is -0.141. The average molecular weight is 543 g/mol. The summed E-state index contributed by atoms with van der Waals surface area (Å²) in [6, 6.07) is 6.27. The maximum atomic E-state index is 14.0. The van der Waals surface area contributed by atoms with Gasteiger partial charge in [0, 0.05) is 23.3 Å². The molecular weight excluding hydrogens is 504 g/mol. The molecule has 2 N–H and O–H groups in total. The molecule has 5 atom stereocenters. The van der Waals surface area contributed by atoms with Crippen molar-refractivity contribution in [3.05, 3.63) is 41.4 Å². The van der Waals surface area contributed by atoms with Crippen molar-refractivity contribution in [3.63, 3.8) is 0 Å². The first-order valence-corrected chi connectivity index (χ1v) is 14.5. The highest BCUT2D eigenvalue weighted by molar-refractivity contribution is 6.30. The smallest absolute Gasteiger partial charge is 0.246 e. The molecule has 4 aliphatic rings. The monoisotopic (exact) mass is 542 g/mol. The van der Waals surface area contributed by atoms with E-state index in [-0.39, 0.29) is 23.8 Å². The first kappa shape index (κ1) is 27.2. The quantitative estimate of drug-likeness (QED) is 0.441.